The van der Waals surface area contributed by atoms with Crippen LogP contribution in [-0.2, 0) is 6.54 Å². The highest BCUT2D eigenvalue weighted by Crippen LogP contribution is 2.26. The van der Waals surface area contributed by atoms with E-state index in [1.807, 2.05) is 42.5 Å². The van der Waals surface area contributed by atoms with E-state index in [9.17, 15) is 10.1 Å². The largest absolute Gasteiger partial charge is 0.496 e. The Labute approximate surface area is 146 Å². The molecule has 1 N–H and O–H groups in total. The summed E-state index contributed by atoms with van der Waals surface area (Å²) in [5, 5.41) is 14.2. The molecule has 0 aliphatic heterocycles. The molecule has 0 saturated carbocycles. The van der Waals surface area contributed by atoms with Gasteiger partial charge in [-0.15, -0.1) is 0 Å². The number of hydrogen-bond acceptors (Lipinski definition) is 4. The van der Waals surface area contributed by atoms with Crippen LogP contribution in [0.4, 0.5) is 11.4 Å². The van der Waals surface area contributed by atoms with Crippen LogP contribution in [0.2, 0.25) is 0 Å². The fourth-order valence-corrected chi connectivity index (χ4v) is 2.63. The van der Waals surface area contributed by atoms with Crippen LogP contribution in [0.1, 0.15) is 5.56 Å². The molecule has 0 amide bonds. The first-order valence-corrected chi connectivity index (χ1v) is 7.88. The minimum Gasteiger partial charge on any atom is -0.496 e. The Bertz CT molecular complexity index is 862. The highest BCUT2D eigenvalue weighted by molar-refractivity contribution is 5.66. The third-order valence-corrected chi connectivity index (χ3v) is 3.95. The van der Waals surface area contributed by atoms with E-state index in [0.29, 0.717) is 12.3 Å². The van der Waals surface area contributed by atoms with Crippen LogP contribution in [0.15, 0.2) is 72.8 Å². The highest BCUT2D eigenvalue weighted by atomic mass is 16.6. The number of ether oxygens (including phenoxy) is 1. The summed E-state index contributed by atoms with van der Waals surface area (Å²) in [6.07, 6.45) is 0. The predicted molar refractivity (Wildman–Crippen MR) is 98.9 cm³/mol. The van der Waals surface area contributed by atoms with Crippen molar-refractivity contribution in [2.45, 2.75) is 6.54 Å². The maximum Gasteiger partial charge on any atom is 0.270 e. The molecule has 0 bridgehead atoms. The number of hydrogen-bond donors (Lipinski definition) is 1. The van der Waals surface area contributed by atoms with Gasteiger partial charge < -0.3 is 10.1 Å². The Balaban J connectivity index is 1.73. The van der Waals surface area contributed by atoms with Gasteiger partial charge in [0.1, 0.15) is 5.75 Å². The third kappa shape index (κ3) is 3.95. The molecule has 126 valence electrons. The number of nitrogens with one attached hydrogen (secondary N) is 1. The molecule has 0 atom stereocenters. The minimum atomic E-state index is -0.405. The zero-order valence-electron chi connectivity index (χ0n) is 13.8. The number of rotatable bonds is 6. The van der Waals surface area contributed by atoms with Gasteiger partial charge in [0.05, 0.1) is 12.0 Å². The van der Waals surface area contributed by atoms with E-state index in [1.165, 1.54) is 12.1 Å². The third-order valence-electron chi connectivity index (χ3n) is 3.95. The summed E-state index contributed by atoms with van der Waals surface area (Å²) in [5.74, 6) is 0.624. The van der Waals surface area contributed by atoms with E-state index in [0.717, 1.165) is 22.4 Å². The van der Waals surface area contributed by atoms with Crippen LogP contribution < -0.4 is 10.1 Å². The summed E-state index contributed by atoms with van der Waals surface area (Å²) in [6, 6.07) is 22.8. The SMILES string of the molecule is COc1ccc([N+](=O)[O-])cc1CNc1ccc(-c2ccccc2)cc1. The molecule has 0 heterocycles. The van der Waals surface area contributed by atoms with Gasteiger partial charge in [-0.2, -0.15) is 0 Å². The zero-order chi connectivity index (χ0) is 17.6. The molecule has 0 spiro atoms. The van der Waals surface area contributed by atoms with Crippen molar-refractivity contribution >= 4 is 11.4 Å². The number of methoxy groups -OCH3 is 1. The number of anilines is 1. The molecule has 0 saturated heterocycles. The summed E-state index contributed by atoms with van der Waals surface area (Å²) in [6.45, 7) is 0.440. The topological polar surface area (TPSA) is 64.4 Å². The molecular formula is C20H18N2O3. The van der Waals surface area contributed by atoms with Gasteiger partial charge in [0.2, 0.25) is 0 Å². The van der Waals surface area contributed by atoms with E-state index in [1.54, 1.807) is 13.2 Å². The molecule has 5 nitrogen and oxygen atoms in total. The molecule has 0 aromatic heterocycles. The Hall–Kier alpha value is -3.34. The Morgan fingerprint density at radius 2 is 1.64 bits per heavy atom. The Kier molecular flexibility index (Phi) is 4.95. The minimum absolute atomic E-state index is 0.0528. The van der Waals surface area contributed by atoms with Gasteiger partial charge in [0, 0.05) is 29.9 Å². The summed E-state index contributed by atoms with van der Waals surface area (Å²) >= 11 is 0. The van der Waals surface area contributed by atoms with E-state index < -0.39 is 4.92 Å². The van der Waals surface area contributed by atoms with Gasteiger partial charge in [0.15, 0.2) is 0 Å². The van der Waals surface area contributed by atoms with Crippen LogP contribution in [0.5, 0.6) is 5.75 Å². The van der Waals surface area contributed by atoms with Gasteiger partial charge in [-0.25, -0.2) is 0 Å². The normalized spacial score (nSPS) is 10.3. The fraction of sp³-hybridized carbons (Fsp3) is 0.100. The summed E-state index contributed by atoms with van der Waals surface area (Å²) < 4.78 is 5.28. The van der Waals surface area contributed by atoms with E-state index in [-0.39, 0.29) is 5.69 Å². The lowest BCUT2D eigenvalue weighted by Crippen LogP contribution is -2.02. The number of benzene rings is 3. The average molecular weight is 334 g/mol. The first-order chi connectivity index (χ1) is 12.2. The maximum absolute atomic E-state index is 10.9. The van der Waals surface area contributed by atoms with Gasteiger partial charge in [0.25, 0.3) is 5.69 Å². The molecule has 0 radical (unpaired) electrons. The number of nitro groups is 1. The van der Waals surface area contributed by atoms with Crippen LogP contribution >= 0.6 is 0 Å². The molecule has 0 fully saturated rings. The Morgan fingerprint density at radius 1 is 0.960 bits per heavy atom. The second-order valence-electron chi connectivity index (χ2n) is 5.55. The molecule has 3 rings (SSSR count). The van der Waals surface area contributed by atoms with Gasteiger partial charge in [-0.3, -0.25) is 10.1 Å². The van der Waals surface area contributed by atoms with Crippen molar-refractivity contribution in [1.82, 2.24) is 0 Å². The molecule has 5 heteroatoms. The van der Waals surface area contributed by atoms with Crippen LogP contribution in [-0.4, -0.2) is 12.0 Å². The summed E-state index contributed by atoms with van der Waals surface area (Å²) in [7, 11) is 1.55. The van der Waals surface area contributed by atoms with Crippen molar-refractivity contribution in [3.63, 3.8) is 0 Å². The van der Waals surface area contributed by atoms with Crippen molar-refractivity contribution in [3.8, 4) is 16.9 Å². The lowest BCUT2D eigenvalue weighted by Gasteiger charge is -2.11. The van der Waals surface area contributed by atoms with Crippen molar-refractivity contribution in [3.05, 3.63) is 88.5 Å². The van der Waals surface area contributed by atoms with E-state index in [2.05, 4.69) is 17.4 Å². The van der Waals surface area contributed by atoms with Crippen LogP contribution in [0.3, 0.4) is 0 Å². The van der Waals surface area contributed by atoms with E-state index in [4.69, 9.17) is 4.74 Å². The number of nitro benzene ring substituents is 1. The molecule has 0 unspecified atom stereocenters. The van der Waals surface area contributed by atoms with Crippen molar-refractivity contribution in [2.75, 3.05) is 12.4 Å². The smallest absolute Gasteiger partial charge is 0.270 e. The number of non-ortho nitro benzene ring substituents is 1. The molecular weight excluding hydrogens is 316 g/mol. The van der Waals surface area contributed by atoms with Gasteiger partial charge >= 0.3 is 0 Å². The van der Waals surface area contributed by atoms with E-state index >= 15 is 0 Å². The molecule has 3 aromatic rings. The van der Waals surface area contributed by atoms with Crippen molar-refractivity contribution in [1.29, 1.82) is 0 Å². The molecule has 3 aromatic carbocycles. The van der Waals surface area contributed by atoms with Crippen LogP contribution in [0.25, 0.3) is 11.1 Å². The number of nitrogens with zero attached hydrogens (tertiary/aromatic N) is 1. The van der Waals surface area contributed by atoms with Crippen molar-refractivity contribution < 1.29 is 9.66 Å². The second-order valence-corrected chi connectivity index (χ2v) is 5.55. The second kappa shape index (κ2) is 7.49. The summed E-state index contributed by atoms with van der Waals surface area (Å²) in [4.78, 5) is 10.5. The lowest BCUT2D eigenvalue weighted by molar-refractivity contribution is -0.384. The van der Waals surface area contributed by atoms with Gasteiger partial charge in [-0.1, -0.05) is 42.5 Å². The Morgan fingerprint density at radius 3 is 2.28 bits per heavy atom. The first kappa shape index (κ1) is 16.5. The predicted octanol–water partition coefficient (Wildman–Crippen LogP) is 4.88. The standard InChI is InChI=1S/C20H18N2O3/c1-25-20-12-11-19(22(23)24)13-17(20)14-21-18-9-7-16(8-10-18)15-5-3-2-4-6-15/h2-13,21H,14H2,1H3. The molecule has 0 aliphatic carbocycles. The summed E-state index contributed by atoms with van der Waals surface area (Å²) in [5.41, 5.74) is 4.03. The van der Waals surface area contributed by atoms with Crippen LogP contribution in [0, 0.1) is 10.1 Å². The first-order valence-electron chi connectivity index (χ1n) is 7.88. The fourth-order valence-electron chi connectivity index (χ4n) is 2.63. The quantitative estimate of drug-likeness (QED) is 0.515. The molecule has 0 aliphatic rings. The molecule has 25 heavy (non-hydrogen) atoms. The monoisotopic (exact) mass is 334 g/mol. The highest BCUT2D eigenvalue weighted by Gasteiger charge is 2.11. The zero-order valence-corrected chi connectivity index (χ0v) is 13.8. The maximum atomic E-state index is 10.9. The lowest BCUT2D eigenvalue weighted by atomic mass is 10.1. The van der Waals surface area contributed by atoms with Gasteiger partial charge in [-0.05, 0) is 29.3 Å². The average Bonchev–Trinajstić information content (AvgIpc) is 2.67. The van der Waals surface area contributed by atoms with Crippen molar-refractivity contribution in [2.24, 2.45) is 0 Å².